The predicted molar refractivity (Wildman–Crippen MR) is 125 cm³/mol. The third-order valence-corrected chi connectivity index (χ3v) is 6.38. The molecule has 0 radical (unpaired) electrons. The fourth-order valence-electron chi connectivity index (χ4n) is 3.82. The molecule has 2 amide bonds. The van der Waals surface area contributed by atoms with Crippen LogP contribution in [-0.2, 0) is 17.6 Å². The minimum Gasteiger partial charge on any atom is -0.337 e. The number of hydrogen-bond donors (Lipinski definition) is 3. The summed E-state index contributed by atoms with van der Waals surface area (Å²) in [5.41, 5.74) is 1.88. The number of fused-ring (bicyclic) bond motifs is 1. The minimum atomic E-state index is -1.13. The van der Waals surface area contributed by atoms with Gasteiger partial charge in [-0.2, -0.15) is 0 Å². The van der Waals surface area contributed by atoms with Gasteiger partial charge in [-0.15, -0.1) is 0 Å². The number of benzene rings is 3. The summed E-state index contributed by atoms with van der Waals surface area (Å²) in [6, 6.07) is 20.6. The Morgan fingerprint density at radius 3 is 2.16 bits per heavy atom. The Labute approximate surface area is 190 Å². The van der Waals surface area contributed by atoms with Gasteiger partial charge in [0, 0.05) is 35.5 Å². The second-order valence-electron chi connectivity index (χ2n) is 7.74. The Bertz CT molecular complexity index is 1090. The summed E-state index contributed by atoms with van der Waals surface area (Å²) < 4.78 is 16.5. The van der Waals surface area contributed by atoms with Crippen LogP contribution in [0.1, 0.15) is 28.4 Å². The summed E-state index contributed by atoms with van der Waals surface area (Å²) >= 11 is 1.52. The molecule has 0 heterocycles. The Morgan fingerprint density at radius 1 is 0.938 bits per heavy atom. The van der Waals surface area contributed by atoms with Gasteiger partial charge in [-0.1, -0.05) is 31.2 Å². The molecule has 5 nitrogen and oxygen atoms in total. The van der Waals surface area contributed by atoms with E-state index in [9.17, 15) is 14.0 Å². The molecule has 3 aromatic carbocycles. The number of carbonyl (C=O) groups is 2. The van der Waals surface area contributed by atoms with Crippen LogP contribution < -0.4 is 15.4 Å². The van der Waals surface area contributed by atoms with E-state index in [4.69, 9.17) is 0 Å². The van der Waals surface area contributed by atoms with E-state index in [1.807, 2.05) is 55.5 Å². The number of halogens is 1. The second kappa shape index (κ2) is 9.54. The number of carbonyl (C=O) groups excluding carboxylic acids is 2. The van der Waals surface area contributed by atoms with E-state index in [-0.39, 0.29) is 5.91 Å². The number of anilines is 1. The molecule has 0 fully saturated rings. The first-order chi connectivity index (χ1) is 15.5. The number of nitrogens with one attached hydrogen (secondary N) is 3. The van der Waals surface area contributed by atoms with Crippen LogP contribution in [0.4, 0.5) is 10.1 Å². The molecule has 0 atom stereocenters. The highest BCUT2D eigenvalue weighted by Gasteiger charge is 2.45. The van der Waals surface area contributed by atoms with Gasteiger partial charge in [0.2, 0.25) is 0 Å². The molecule has 32 heavy (non-hydrogen) atoms. The summed E-state index contributed by atoms with van der Waals surface area (Å²) in [5.74, 6) is -1.11. The molecular formula is C25H24FN3O2S. The molecule has 0 unspecified atom stereocenters. The van der Waals surface area contributed by atoms with E-state index in [0.717, 1.165) is 22.6 Å². The topological polar surface area (TPSA) is 70.2 Å². The molecule has 3 aromatic rings. The zero-order chi connectivity index (χ0) is 22.6. The maximum Gasteiger partial charge on any atom is 0.252 e. The molecule has 7 heteroatoms. The average molecular weight is 450 g/mol. The van der Waals surface area contributed by atoms with Gasteiger partial charge in [0.1, 0.15) is 11.4 Å². The van der Waals surface area contributed by atoms with E-state index in [1.165, 1.54) is 36.2 Å². The maximum atomic E-state index is 13.5. The lowest BCUT2D eigenvalue weighted by Crippen LogP contribution is -2.57. The van der Waals surface area contributed by atoms with E-state index >= 15 is 0 Å². The lowest BCUT2D eigenvalue weighted by Gasteiger charge is -2.29. The number of rotatable bonds is 7. The van der Waals surface area contributed by atoms with E-state index < -0.39 is 17.3 Å². The highest BCUT2D eigenvalue weighted by Crippen LogP contribution is 2.32. The van der Waals surface area contributed by atoms with Gasteiger partial charge in [0.15, 0.2) is 0 Å². The lowest BCUT2D eigenvalue weighted by atomic mass is 9.93. The third kappa shape index (κ3) is 4.84. The van der Waals surface area contributed by atoms with Gasteiger partial charge in [-0.25, -0.2) is 4.39 Å². The second-order valence-corrected chi connectivity index (χ2v) is 8.71. The van der Waals surface area contributed by atoms with Crippen LogP contribution in [-0.4, -0.2) is 23.9 Å². The first-order valence-electron chi connectivity index (χ1n) is 10.5. The van der Waals surface area contributed by atoms with Gasteiger partial charge in [-0.05, 0) is 71.6 Å². The fraction of sp³-hybridized carbons (Fsp3) is 0.200. The van der Waals surface area contributed by atoms with Crippen molar-refractivity contribution in [2.45, 2.75) is 30.2 Å². The molecule has 0 aliphatic heterocycles. The molecule has 0 saturated heterocycles. The molecule has 0 saturated carbocycles. The molecule has 0 bridgehead atoms. The van der Waals surface area contributed by atoms with Crippen LogP contribution in [0.15, 0.2) is 77.7 Å². The minimum absolute atomic E-state index is 0.281. The van der Waals surface area contributed by atoms with Gasteiger partial charge in [0.05, 0.1) is 0 Å². The smallest absolute Gasteiger partial charge is 0.252 e. The SMILES string of the molecule is CCNSc1ccc(NC(=O)C2(NC(=O)c3ccc(F)cc3)Cc3ccccc3C2)cc1. The average Bonchev–Trinajstić information content (AvgIpc) is 3.18. The van der Waals surface area contributed by atoms with E-state index in [2.05, 4.69) is 15.4 Å². The van der Waals surface area contributed by atoms with Crippen molar-refractivity contribution in [3.63, 3.8) is 0 Å². The standard InChI is InChI=1S/C25H24FN3O2S/c1-2-27-32-22-13-11-21(12-14-22)28-24(31)25(15-18-5-3-4-6-19(18)16-25)29-23(30)17-7-9-20(26)10-8-17/h3-14,27H,2,15-16H2,1H3,(H,28,31)(H,29,30). The quantitative estimate of drug-likeness (QED) is 0.469. The molecule has 1 aliphatic rings. The molecule has 3 N–H and O–H groups in total. The maximum absolute atomic E-state index is 13.5. The van der Waals surface area contributed by atoms with Gasteiger partial charge in [0.25, 0.3) is 11.8 Å². The first-order valence-corrected chi connectivity index (χ1v) is 11.3. The number of amides is 2. The Hall–Kier alpha value is -3.16. The summed E-state index contributed by atoms with van der Waals surface area (Å²) in [6.07, 6.45) is 0.770. The van der Waals surface area contributed by atoms with Crippen molar-refractivity contribution < 1.29 is 14.0 Å². The van der Waals surface area contributed by atoms with Crippen LogP contribution >= 0.6 is 11.9 Å². The molecule has 0 aromatic heterocycles. The largest absolute Gasteiger partial charge is 0.337 e. The monoisotopic (exact) mass is 449 g/mol. The van der Waals surface area contributed by atoms with Crippen LogP contribution in [0.2, 0.25) is 0 Å². The molecule has 164 valence electrons. The Kier molecular flexibility index (Phi) is 6.58. The highest BCUT2D eigenvalue weighted by atomic mass is 32.2. The molecule has 4 rings (SSSR count). The van der Waals surface area contributed by atoms with E-state index in [0.29, 0.717) is 24.1 Å². The summed E-state index contributed by atoms with van der Waals surface area (Å²) in [7, 11) is 0. The predicted octanol–water partition coefficient (Wildman–Crippen LogP) is 4.35. The van der Waals surface area contributed by atoms with Crippen LogP contribution in [0, 0.1) is 5.82 Å². The van der Waals surface area contributed by atoms with Gasteiger partial charge < -0.3 is 10.6 Å². The van der Waals surface area contributed by atoms with Crippen molar-refractivity contribution in [1.29, 1.82) is 0 Å². The van der Waals surface area contributed by atoms with Gasteiger partial charge in [-0.3, -0.25) is 14.3 Å². The molecular weight excluding hydrogens is 425 g/mol. The number of hydrogen-bond acceptors (Lipinski definition) is 4. The highest BCUT2D eigenvalue weighted by molar-refractivity contribution is 7.97. The first kappa shape index (κ1) is 22.0. The van der Waals surface area contributed by atoms with Crippen molar-refractivity contribution in [3.8, 4) is 0 Å². The Balaban J connectivity index is 1.56. The lowest BCUT2D eigenvalue weighted by molar-refractivity contribution is -0.121. The normalized spacial score (nSPS) is 13.9. The molecule has 1 aliphatic carbocycles. The summed E-state index contributed by atoms with van der Waals surface area (Å²) in [4.78, 5) is 27.5. The zero-order valence-electron chi connectivity index (χ0n) is 17.7. The van der Waals surface area contributed by atoms with Crippen LogP contribution in [0.3, 0.4) is 0 Å². The van der Waals surface area contributed by atoms with Crippen molar-refractivity contribution in [2.24, 2.45) is 0 Å². The van der Waals surface area contributed by atoms with Gasteiger partial charge >= 0.3 is 0 Å². The summed E-state index contributed by atoms with van der Waals surface area (Å²) in [5, 5.41) is 5.91. The van der Waals surface area contributed by atoms with Crippen molar-refractivity contribution in [2.75, 3.05) is 11.9 Å². The van der Waals surface area contributed by atoms with Crippen LogP contribution in [0.25, 0.3) is 0 Å². The third-order valence-electron chi connectivity index (χ3n) is 5.44. The zero-order valence-corrected chi connectivity index (χ0v) is 18.5. The van der Waals surface area contributed by atoms with Crippen molar-refractivity contribution in [1.82, 2.24) is 10.0 Å². The van der Waals surface area contributed by atoms with Crippen molar-refractivity contribution >= 4 is 29.4 Å². The van der Waals surface area contributed by atoms with Crippen LogP contribution in [0.5, 0.6) is 0 Å². The molecule has 0 spiro atoms. The van der Waals surface area contributed by atoms with Crippen molar-refractivity contribution in [3.05, 3.63) is 95.3 Å². The fourth-order valence-corrected chi connectivity index (χ4v) is 4.41. The Morgan fingerprint density at radius 2 is 1.56 bits per heavy atom. The summed E-state index contributed by atoms with van der Waals surface area (Å²) in [6.45, 7) is 2.88. The van der Waals surface area contributed by atoms with E-state index in [1.54, 1.807) is 0 Å².